The first-order chi connectivity index (χ1) is 11.3. The number of amides is 1. The minimum Gasteiger partial charge on any atom is -0.373 e. The van der Waals surface area contributed by atoms with Crippen LogP contribution < -0.4 is 10.0 Å². The molecule has 25 heavy (non-hydrogen) atoms. The van der Waals surface area contributed by atoms with Gasteiger partial charge in [0.1, 0.15) is 0 Å². The van der Waals surface area contributed by atoms with Crippen LogP contribution in [0.25, 0.3) is 0 Å². The van der Waals surface area contributed by atoms with Crippen LogP contribution >= 0.6 is 11.6 Å². The number of anilines is 1. The van der Waals surface area contributed by atoms with E-state index in [0.717, 1.165) is 37.5 Å². The molecule has 6 nitrogen and oxygen atoms in total. The van der Waals surface area contributed by atoms with Gasteiger partial charge in [-0.15, -0.1) is 0 Å². The van der Waals surface area contributed by atoms with Crippen molar-refractivity contribution in [1.29, 1.82) is 0 Å². The molecule has 1 aromatic rings. The third-order valence-corrected chi connectivity index (χ3v) is 5.75. The molecule has 1 amide bonds. The van der Waals surface area contributed by atoms with Gasteiger partial charge in [-0.3, -0.25) is 4.79 Å². The predicted molar refractivity (Wildman–Crippen MR) is 84.7 cm³/mol. The zero-order chi connectivity index (χ0) is 19.0. The molecule has 1 saturated carbocycles. The Bertz CT molecular complexity index is 777. The zero-order valence-corrected chi connectivity index (χ0v) is 14.6. The molecule has 0 aromatic heterocycles. The highest BCUT2D eigenvalue weighted by atomic mass is 35.5. The van der Waals surface area contributed by atoms with E-state index in [0.29, 0.717) is 6.92 Å². The highest BCUT2D eigenvalue weighted by Gasteiger charge is 2.55. The van der Waals surface area contributed by atoms with Crippen LogP contribution in [0.3, 0.4) is 0 Å². The fourth-order valence-electron chi connectivity index (χ4n) is 1.95. The van der Waals surface area contributed by atoms with E-state index in [1.165, 1.54) is 0 Å². The fraction of sp³-hybridized carbons (Fsp3) is 0.500. The minimum absolute atomic E-state index is 0.148. The van der Waals surface area contributed by atoms with Crippen LogP contribution in [0.5, 0.6) is 0 Å². The molecule has 0 unspecified atom stereocenters. The molecule has 140 valence electrons. The molecule has 1 aromatic carbocycles. The number of carbonyl (C=O) groups is 1. The molecule has 0 saturated heterocycles. The maximum atomic E-state index is 12.6. The third-order valence-electron chi connectivity index (χ3n) is 3.92. The summed E-state index contributed by atoms with van der Waals surface area (Å²) in [6.07, 6.45) is -2.79. The van der Waals surface area contributed by atoms with E-state index in [1.54, 1.807) is 0 Å². The van der Waals surface area contributed by atoms with Crippen molar-refractivity contribution in [3.05, 3.63) is 23.2 Å². The number of aliphatic hydroxyl groups is 1. The molecular weight excluding hydrogens is 385 g/mol. The van der Waals surface area contributed by atoms with Crippen molar-refractivity contribution in [2.24, 2.45) is 0 Å². The number of alkyl halides is 3. The number of rotatable bonds is 5. The molecule has 1 aliphatic rings. The molecule has 3 N–H and O–H groups in total. The van der Waals surface area contributed by atoms with Gasteiger partial charge in [-0.1, -0.05) is 18.0 Å². The van der Waals surface area contributed by atoms with Gasteiger partial charge in [0.05, 0.1) is 15.6 Å². The van der Waals surface area contributed by atoms with E-state index in [-0.39, 0.29) is 21.6 Å². The summed E-state index contributed by atoms with van der Waals surface area (Å²) in [5, 5.41) is 10.9. The monoisotopic (exact) mass is 400 g/mol. The summed E-state index contributed by atoms with van der Waals surface area (Å²) in [7, 11) is -3.82. The van der Waals surface area contributed by atoms with Crippen LogP contribution in [0, 0.1) is 0 Å². The quantitative estimate of drug-likeness (QED) is 0.707. The number of nitrogens with one attached hydrogen (secondary N) is 2. The summed E-state index contributed by atoms with van der Waals surface area (Å²) in [5.41, 5.74) is -3.87. The lowest BCUT2D eigenvalue weighted by atomic mass is 9.94. The van der Waals surface area contributed by atoms with Crippen LogP contribution in [0.2, 0.25) is 5.02 Å². The van der Waals surface area contributed by atoms with Gasteiger partial charge >= 0.3 is 6.18 Å². The van der Waals surface area contributed by atoms with Crippen LogP contribution in [0.1, 0.15) is 26.2 Å². The Morgan fingerprint density at radius 1 is 1.32 bits per heavy atom. The summed E-state index contributed by atoms with van der Waals surface area (Å²) in [4.78, 5) is 11.5. The summed E-state index contributed by atoms with van der Waals surface area (Å²) in [6.45, 7) is 0.303. The molecular formula is C14H16ClF3N2O4S. The second-order valence-corrected chi connectivity index (χ2v) is 8.04. The van der Waals surface area contributed by atoms with E-state index in [1.807, 2.05) is 5.32 Å². The molecule has 0 bridgehead atoms. The number of carbonyl (C=O) groups excluding carboxylic acids is 1. The largest absolute Gasteiger partial charge is 0.426 e. The smallest absolute Gasteiger partial charge is 0.373 e. The first-order valence-electron chi connectivity index (χ1n) is 7.27. The second kappa shape index (κ2) is 6.75. The normalized spacial score (nSPS) is 18.3. The summed E-state index contributed by atoms with van der Waals surface area (Å²) < 4.78 is 64.7. The van der Waals surface area contributed by atoms with Gasteiger partial charge in [-0.2, -0.15) is 13.2 Å². The standard InChI is InChI=1S/C14H16ClF3N2O4S/c1-13(22,14(16,17)18)12(21)19-11-6-5-9(7-10(11)15)25(23,24)20-8-3-2-4-8/h5-8,20,22H,2-4H2,1H3,(H,19,21)/t13-/m1/s1. The Labute approximate surface area is 147 Å². The van der Waals surface area contributed by atoms with Gasteiger partial charge < -0.3 is 10.4 Å². The topological polar surface area (TPSA) is 95.5 Å². The third kappa shape index (κ3) is 4.25. The molecule has 0 radical (unpaired) electrons. The lowest BCUT2D eigenvalue weighted by Crippen LogP contribution is -2.52. The summed E-state index contributed by atoms with van der Waals surface area (Å²) >= 11 is 5.86. The number of halogens is 4. The van der Waals surface area contributed by atoms with Gasteiger partial charge in [-0.05, 0) is 38.0 Å². The highest BCUT2D eigenvalue weighted by Crippen LogP contribution is 2.33. The number of hydrogen-bond acceptors (Lipinski definition) is 4. The van der Waals surface area contributed by atoms with Gasteiger partial charge in [0.2, 0.25) is 15.6 Å². The van der Waals surface area contributed by atoms with Crippen molar-refractivity contribution in [3.8, 4) is 0 Å². The fourth-order valence-corrected chi connectivity index (χ4v) is 3.57. The van der Waals surface area contributed by atoms with Crippen LogP contribution in [-0.2, 0) is 14.8 Å². The molecule has 0 spiro atoms. The van der Waals surface area contributed by atoms with Crippen molar-refractivity contribution in [1.82, 2.24) is 4.72 Å². The van der Waals surface area contributed by atoms with E-state index in [4.69, 9.17) is 11.6 Å². The van der Waals surface area contributed by atoms with Crippen LogP contribution in [0.15, 0.2) is 23.1 Å². The van der Waals surface area contributed by atoms with E-state index >= 15 is 0 Å². The van der Waals surface area contributed by atoms with Crippen LogP contribution in [-0.4, -0.2) is 37.3 Å². The lowest BCUT2D eigenvalue weighted by Gasteiger charge is -2.26. The molecule has 1 atom stereocenters. The van der Waals surface area contributed by atoms with Crippen molar-refractivity contribution >= 4 is 33.2 Å². The molecule has 11 heteroatoms. The predicted octanol–water partition coefficient (Wildman–Crippen LogP) is 2.42. The summed E-state index contributed by atoms with van der Waals surface area (Å²) in [6, 6.07) is 3.03. The Balaban J connectivity index is 2.18. The van der Waals surface area contributed by atoms with Gasteiger partial charge in [0, 0.05) is 6.04 Å². The molecule has 2 rings (SSSR count). The van der Waals surface area contributed by atoms with E-state index in [9.17, 15) is 31.5 Å². The minimum atomic E-state index is -5.18. The SMILES string of the molecule is C[C@@](O)(C(=O)Nc1ccc(S(=O)(=O)NC2CCC2)cc1Cl)C(F)(F)F. The average Bonchev–Trinajstić information content (AvgIpc) is 2.43. The number of benzene rings is 1. The Hall–Kier alpha value is -1.36. The molecule has 1 aliphatic carbocycles. The highest BCUT2D eigenvalue weighted by molar-refractivity contribution is 7.89. The van der Waals surface area contributed by atoms with E-state index < -0.39 is 27.7 Å². The Morgan fingerprint density at radius 2 is 1.92 bits per heavy atom. The maximum Gasteiger partial charge on any atom is 0.426 e. The summed E-state index contributed by atoms with van der Waals surface area (Å²) in [5.74, 6) is -1.73. The average molecular weight is 401 g/mol. The lowest BCUT2D eigenvalue weighted by molar-refractivity contribution is -0.242. The van der Waals surface area contributed by atoms with Crippen molar-refractivity contribution < 1.29 is 31.5 Å². The Morgan fingerprint density at radius 3 is 2.36 bits per heavy atom. The first-order valence-corrected chi connectivity index (χ1v) is 9.13. The van der Waals surface area contributed by atoms with Crippen molar-refractivity contribution in [3.63, 3.8) is 0 Å². The Kier molecular flexibility index (Phi) is 5.39. The van der Waals surface area contributed by atoms with Crippen LogP contribution in [0.4, 0.5) is 18.9 Å². The maximum absolute atomic E-state index is 12.6. The molecule has 0 heterocycles. The number of hydrogen-bond donors (Lipinski definition) is 3. The number of sulfonamides is 1. The first kappa shape index (κ1) is 20.0. The van der Waals surface area contributed by atoms with Gasteiger partial charge in [0.15, 0.2) is 0 Å². The van der Waals surface area contributed by atoms with Gasteiger partial charge in [0.25, 0.3) is 5.91 Å². The molecule has 1 fully saturated rings. The molecule has 0 aliphatic heterocycles. The second-order valence-electron chi connectivity index (χ2n) is 5.91. The van der Waals surface area contributed by atoms with Crippen molar-refractivity contribution in [2.75, 3.05) is 5.32 Å². The van der Waals surface area contributed by atoms with Crippen molar-refractivity contribution in [2.45, 2.75) is 48.9 Å². The van der Waals surface area contributed by atoms with Gasteiger partial charge in [-0.25, -0.2) is 13.1 Å². The van der Waals surface area contributed by atoms with E-state index in [2.05, 4.69) is 4.72 Å². The zero-order valence-electron chi connectivity index (χ0n) is 13.0.